The average Bonchev–Trinajstić information content (AvgIpc) is 2.90. The van der Waals surface area contributed by atoms with Gasteiger partial charge in [0.25, 0.3) is 0 Å². The summed E-state index contributed by atoms with van der Waals surface area (Å²) in [5.74, 6) is 0. The van der Waals surface area contributed by atoms with Crippen LogP contribution in [0.3, 0.4) is 0 Å². The van der Waals surface area contributed by atoms with E-state index in [0.717, 1.165) is 38.9 Å². The maximum absolute atomic E-state index is 4.68. The van der Waals surface area contributed by atoms with E-state index in [0.29, 0.717) is 0 Å². The summed E-state index contributed by atoms with van der Waals surface area (Å²) in [6, 6.07) is 38.2. The Bertz CT molecular complexity index is 1570. The fraction of sp³-hybridized carbons (Fsp3) is 0.0323. The second-order valence-electron chi connectivity index (χ2n) is 8.40. The van der Waals surface area contributed by atoms with E-state index in [9.17, 15) is 0 Å². The first-order chi connectivity index (χ1) is 16.8. The number of hydrogen-bond donors (Lipinski definition) is 0. The smallest absolute Gasteiger partial charge is 0.0970 e. The van der Waals surface area contributed by atoms with Gasteiger partial charge < -0.3 is 4.90 Å². The van der Waals surface area contributed by atoms with Gasteiger partial charge in [0.2, 0.25) is 0 Å². The van der Waals surface area contributed by atoms with Crippen molar-refractivity contribution in [2.24, 2.45) is 0 Å². The highest BCUT2D eigenvalue weighted by Crippen LogP contribution is 2.39. The lowest BCUT2D eigenvalue weighted by Crippen LogP contribution is -2.10. The Morgan fingerprint density at radius 1 is 0.529 bits per heavy atom. The molecule has 162 valence electrons. The average molecular weight is 438 g/mol. The number of para-hydroxylation sites is 2. The molecule has 0 aliphatic heterocycles. The van der Waals surface area contributed by atoms with Gasteiger partial charge in [0.05, 0.1) is 11.0 Å². The third kappa shape index (κ3) is 3.48. The molecule has 0 spiro atoms. The summed E-state index contributed by atoms with van der Waals surface area (Å²) in [5.41, 5.74) is 8.86. The molecule has 2 heterocycles. The summed E-state index contributed by atoms with van der Waals surface area (Å²) < 4.78 is 0. The van der Waals surface area contributed by atoms with Crippen LogP contribution in [0.5, 0.6) is 0 Å². The van der Waals surface area contributed by atoms with Crippen molar-refractivity contribution >= 4 is 38.9 Å². The second-order valence-corrected chi connectivity index (χ2v) is 8.40. The Morgan fingerprint density at radius 2 is 1.18 bits per heavy atom. The summed E-state index contributed by atoms with van der Waals surface area (Å²) in [7, 11) is 0. The van der Waals surface area contributed by atoms with E-state index in [-0.39, 0.29) is 0 Å². The van der Waals surface area contributed by atoms with E-state index in [1.54, 1.807) is 0 Å². The Hall–Kier alpha value is -4.50. The Morgan fingerprint density at radius 3 is 1.85 bits per heavy atom. The molecule has 0 saturated heterocycles. The first-order valence-electron chi connectivity index (χ1n) is 11.4. The zero-order chi connectivity index (χ0) is 22.9. The molecular formula is C31H23N3. The molecule has 0 aliphatic carbocycles. The van der Waals surface area contributed by atoms with Crippen LogP contribution < -0.4 is 4.90 Å². The first kappa shape index (κ1) is 20.1. The fourth-order valence-corrected chi connectivity index (χ4v) is 4.69. The SMILES string of the molecule is Cc1cc(N(c2ccccc2)c2ccccc2)ccc1-c1cc2cccnc2c2ncccc12. The molecule has 0 saturated carbocycles. The van der Waals surface area contributed by atoms with Crippen LogP contribution in [0.25, 0.3) is 32.9 Å². The predicted octanol–water partition coefficient (Wildman–Crippen LogP) is 8.23. The zero-order valence-electron chi connectivity index (χ0n) is 18.9. The lowest BCUT2D eigenvalue weighted by Gasteiger charge is -2.26. The summed E-state index contributed by atoms with van der Waals surface area (Å²) in [5, 5.41) is 2.22. The van der Waals surface area contributed by atoms with Gasteiger partial charge in [0.15, 0.2) is 0 Å². The van der Waals surface area contributed by atoms with Gasteiger partial charge in [-0.2, -0.15) is 0 Å². The van der Waals surface area contributed by atoms with Gasteiger partial charge in [0.1, 0.15) is 0 Å². The molecule has 0 aliphatic rings. The van der Waals surface area contributed by atoms with Crippen molar-refractivity contribution in [2.45, 2.75) is 6.92 Å². The molecule has 3 nitrogen and oxygen atoms in total. The largest absolute Gasteiger partial charge is 0.310 e. The van der Waals surface area contributed by atoms with Gasteiger partial charge in [-0.25, -0.2) is 0 Å². The van der Waals surface area contributed by atoms with E-state index in [1.807, 2.05) is 24.5 Å². The quantitative estimate of drug-likeness (QED) is 0.260. The number of fused-ring (bicyclic) bond motifs is 3. The van der Waals surface area contributed by atoms with Crippen molar-refractivity contribution in [1.29, 1.82) is 0 Å². The van der Waals surface area contributed by atoms with Gasteiger partial charge in [0, 0.05) is 40.2 Å². The molecule has 0 N–H and O–H groups in total. The molecular weight excluding hydrogens is 414 g/mol. The van der Waals surface area contributed by atoms with Crippen LogP contribution in [0.2, 0.25) is 0 Å². The van der Waals surface area contributed by atoms with Gasteiger partial charge >= 0.3 is 0 Å². The van der Waals surface area contributed by atoms with Crippen LogP contribution in [0, 0.1) is 6.92 Å². The normalized spacial score (nSPS) is 11.1. The van der Waals surface area contributed by atoms with E-state index in [1.165, 1.54) is 16.7 Å². The Labute approximate surface area is 199 Å². The number of rotatable bonds is 4. The number of pyridine rings is 2. The molecule has 4 aromatic carbocycles. The first-order valence-corrected chi connectivity index (χ1v) is 11.4. The monoisotopic (exact) mass is 437 g/mol. The highest BCUT2D eigenvalue weighted by atomic mass is 15.1. The third-order valence-electron chi connectivity index (χ3n) is 6.25. The Balaban J connectivity index is 1.53. The second kappa shape index (κ2) is 8.45. The summed E-state index contributed by atoms with van der Waals surface area (Å²) in [4.78, 5) is 11.6. The maximum Gasteiger partial charge on any atom is 0.0970 e. The van der Waals surface area contributed by atoms with Crippen molar-refractivity contribution in [1.82, 2.24) is 9.97 Å². The van der Waals surface area contributed by atoms with E-state index >= 15 is 0 Å². The topological polar surface area (TPSA) is 29.0 Å². The van der Waals surface area contributed by atoms with Crippen molar-refractivity contribution in [3.63, 3.8) is 0 Å². The molecule has 0 bridgehead atoms. The minimum Gasteiger partial charge on any atom is -0.310 e. The van der Waals surface area contributed by atoms with E-state index < -0.39 is 0 Å². The molecule has 0 unspecified atom stereocenters. The Kier molecular flexibility index (Phi) is 5.00. The van der Waals surface area contributed by atoms with Gasteiger partial charge in [-0.3, -0.25) is 9.97 Å². The number of aromatic nitrogens is 2. The number of nitrogens with zero attached hydrogens (tertiary/aromatic N) is 3. The molecule has 6 rings (SSSR count). The fourth-order valence-electron chi connectivity index (χ4n) is 4.69. The summed E-state index contributed by atoms with van der Waals surface area (Å²) >= 11 is 0. The van der Waals surface area contributed by atoms with Crippen molar-refractivity contribution in [3.05, 3.63) is 127 Å². The third-order valence-corrected chi connectivity index (χ3v) is 6.25. The highest BCUT2D eigenvalue weighted by molar-refractivity contribution is 6.10. The van der Waals surface area contributed by atoms with E-state index in [4.69, 9.17) is 0 Å². The summed E-state index contributed by atoms with van der Waals surface area (Å²) in [6.45, 7) is 2.18. The van der Waals surface area contributed by atoms with Crippen LogP contribution >= 0.6 is 0 Å². The highest BCUT2D eigenvalue weighted by Gasteiger charge is 2.16. The van der Waals surface area contributed by atoms with Crippen molar-refractivity contribution in [3.8, 4) is 11.1 Å². The van der Waals surface area contributed by atoms with Crippen LogP contribution in [0.1, 0.15) is 5.56 Å². The molecule has 0 fully saturated rings. The predicted molar refractivity (Wildman–Crippen MR) is 142 cm³/mol. The number of aryl methyl sites for hydroxylation is 1. The van der Waals surface area contributed by atoms with Crippen LogP contribution in [0.15, 0.2) is 122 Å². The van der Waals surface area contributed by atoms with Crippen molar-refractivity contribution < 1.29 is 0 Å². The van der Waals surface area contributed by atoms with Gasteiger partial charge in [-0.1, -0.05) is 54.6 Å². The maximum atomic E-state index is 4.68. The molecule has 0 amide bonds. The molecule has 2 aromatic heterocycles. The summed E-state index contributed by atoms with van der Waals surface area (Å²) in [6.07, 6.45) is 3.67. The number of anilines is 3. The van der Waals surface area contributed by atoms with E-state index in [2.05, 4.69) is 119 Å². The molecule has 34 heavy (non-hydrogen) atoms. The minimum absolute atomic E-state index is 0.939. The van der Waals surface area contributed by atoms with Crippen LogP contribution in [-0.2, 0) is 0 Å². The molecule has 3 heteroatoms. The zero-order valence-corrected chi connectivity index (χ0v) is 18.9. The van der Waals surface area contributed by atoms with Crippen LogP contribution in [-0.4, -0.2) is 9.97 Å². The van der Waals surface area contributed by atoms with Crippen LogP contribution in [0.4, 0.5) is 17.1 Å². The standard InChI is InChI=1S/C31H23N3/c1-22-20-26(34(24-11-4-2-5-12-24)25-13-6-3-7-14-25)16-17-27(22)29-21-23-10-8-18-32-30(23)31-28(29)15-9-19-33-31/h2-21H,1H3. The number of benzene rings is 4. The lowest BCUT2D eigenvalue weighted by molar-refractivity contribution is 1.27. The molecule has 0 radical (unpaired) electrons. The lowest BCUT2D eigenvalue weighted by atomic mass is 9.94. The molecule has 6 aromatic rings. The number of hydrogen-bond acceptors (Lipinski definition) is 3. The molecule has 0 atom stereocenters. The minimum atomic E-state index is 0.939. The van der Waals surface area contributed by atoms with Crippen molar-refractivity contribution in [2.75, 3.05) is 4.90 Å². The van der Waals surface area contributed by atoms with Gasteiger partial charge in [-0.15, -0.1) is 0 Å². The van der Waals surface area contributed by atoms with Gasteiger partial charge in [-0.05, 0) is 78.2 Å².